The van der Waals surface area contributed by atoms with E-state index in [4.69, 9.17) is 4.98 Å². The maximum absolute atomic E-state index is 13.2. The van der Waals surface area contributed by atoms with Crippen LogP contribution >= 0.6 is 0 Å². The van der Waals surface area contributed by atoms with E-state index >= 15 is 0 Å². The van der Waals surface area contributed by atoms with Crippen molar-refractivity contribution >= 4 is 22.8 Å². The van der Waals surface area contributed by atoms with Gasteiger partial charge in [0.25, 0.3) is 0 Å². The third kappa shape index (κ3) is 3.50. The molecule has 2 unspecified atom stereocenters. The number of fused-ring (bicyclic) bond motifs is 1. The Labute approximate surface area is 178 Å². The highest BCUT2D eigenvalue weighted by Gasteiger charge is 2.38. The van der Waals surface area contributed by atoms with Crippen molar-refractivity contribution in [3.63, 3.8) is 0 Å². The molecule has 1 aromatic heterocycles. The summed E-state index contributed by atoms with van der Waals surface area (Å²) in [6.45, 7) is 4.05. The van der Waals surface area contributed by atoms with Crippen molar-refractivity contribution < 1.29 is 9.59 Å². The van der Waals surface area contributed by atoms with E-state index in [0.29, 0.717) is 25.0 Å². The van der Waals surface area contributed by atoms with Crippen molar-refractivity contribution in [2.75, 3.05) is 13.1 Å². The molecule has 2 saturated heterocycles. The van der Waals surface area contributed by atoms with Gasteiger partial charge in [0.05, 0.1) is 11.0 Å². The summed E-state index contributed by atoms with van der Waals surface area (Å²) < 4.78 is 2.09. The fraction of sp³-hybridized carbons (Fsp3) is 0.625. The van der Waals surface area contributed by atoms with Crippen LogP contribution in [0.4, 0.5) is 0 Å². The minimum absolute atomic E-state index is 0.0667. The van der Waals surface area contributed by atoms with E-state index in [1.807, 2.05) is 29.2 Å². The molecule has 6 nitrogen and oxygen atoms in total. The molecule has 2 aromatic rings. The maximum Gasteiger partial charge on any atom is 0.242 e. The highest BCUT2D eigenvalue weighted by molar-refractivity contribution is 5.83. The molecule has 2 aliphatic heterocycles. The van der Waals surface area contributed by atoms with Crippen LogP contribution in [0.5, 0.6) is 0 Å². The molecule has 0 radical (unpaired) electrons. The fourth-order valence-electron chi connectivity index (χ4n) is 5.74. The lowest BCUT2D eigenvalue weighted by molar-refractivity contribution is -0.135. The Bertz CT molecular complexity index is 946. The predicted octanol–water partition coefficient (Wildman–Crippen LogP) is 3.70. The molecular weight excluding hydrogens is 376 g/mol. The lowest BCUT2D eigenvalue weighted by Gasteiger charge is -2.33. The van der Waals surface area contributed by atoms with Crippen molar-refractivity contribution in [3.8, 4) is 0 Å². The second-order valence-electron chi connectivity index (χ2n) is 9.36. The number of rotatable bonds is 4. The van der Waals surface area contributed by atoms with Crippen molar-refractivity contribution in [3.05, 3.63) is 30.1 Å². The minimum Gasteiger partial charge on any atom is -0.339 e. The summed E-state index contributed by atoms with van der Waals surface area (Å²) in [5.74, 6) is 1.39. The zero-order valence-corrected chi connectivity index (χ0v) is 17.9. The summed E-state index contributed by atoms with van der Waals surface area (Å²) in [4.78, 5) is 35.1. The van der Waals surface area contributed by atoms with Gasteiger partial charge in [-0.1, -0.05) is 25.0 Å². The van der Waals surface area contributed by atoms with Gasteiger partial charge in [0.2, 0.25) is 11.8 Å². The highest BCUT2D eigenvalue weighted by Crippen LogP contribution is 2.35. The average molecular weight is 409 g/mol. The molecule has 1 saturated carbocycles. The van der Waals surface area contributed by atoms with E-state index in [9.17, 15) is 9.59 Å². The summed E-state index contributed by atoms with van der Waals surface area (Å²) in [5.41, 5.74) is 1.91. The number of amides is 2. The second kappa shape index (κ2) is 8.05. The van der Waals surface area contributed by atoms with Gasteiger partial charge in [-0.15, -0.1) is 0 Å². The van der Waals surface area contributed by atoms with Crippen LogP contribution in [0.25, 0.3) is 11.0 Å². The molecule has 2 atom stereocenters. The molecule has 1 aromatic carbocycles. The summed E-state index contributed by atoms with van der Waals surface area (Å²) >= 11 is 0. The first-order valence-corrected chi connectivity index (χ1v) is 11.7. The Kier molecular flexibility index (Phi) is 5.25. The third-order valence-electron chi connectivity index (χ3n) is 7.39. The number of benzene rings is 1. The third-order valence-corrected chi connectivity index (χ3v) is 7.39. The van der Waals surface area contributed by atoms with E-state index in [1.165, 1.54) is 19.3 Å². The number of hydrogen-bond acceptors (Lipinski definition) is 3. The van der Waals surface area contributed by atoms with Crippen LogP contribution in [0.3, 0.4) is 0 Å². The highest BCUT2D eigenvalue weighted by atomic mass is 16.2. The van der Waals surface area contributed by atoms with E-state index in [-0.39, 0.29) is 17.7 Å². The average Bonchev–Trinajstić information content (AvgIpc) is 3.47. The Morgan fingerprint density at radius 2 is 1.87 bits per heavy atom. The number of aromatic nitrogens is 2. The lowest BCUT2D eigenvalue weighted by atomic mass is 10.0. The summed E-state index contributed by atoms with van der Waals surface area (Å²) in [7, 11) is 0. The molecule has 1 aliphatic carbocycles. The van der Waals surface area contributed by atoms with Gasteiger partial charge in [0, 0.05) is 37.5 Å². The number of para-hydroxylation sites is 2. The zero-order chi connectivity index (χ0) is 20.7. The normalized spacial score (nSPS) is 25.6. The second-order valence-corrected chi connectivity index (χ2v) is 9.36. The molecule has 0 N–H and O–H groups in total. The number of carbonyl (C=O) groups excluding carboxylic acids is 2. The molecule has 3 heterocycles. The Morgan fingerprint density at radius 3 is 2.67 bits per heavy atom. The van der Waals surface area contributed by atoms with Crippen molar-refractivity contribution in [1.29, 1.82) is 0 Å². The smallest absolute Gasteiger partial charge is 0.242 e. The summed E-state index contributed by atoms with van der Waals surface area (Å²) in [6.07, 6.45) is 8.57. The summed E-state index contributed by atoms with van der Waals surface area (Å²) in [5, 5.41) is 0. The van der Waals surface area contributed by atoms with Crippen LogP contribution in [-0.4, -0.2) is 56.3 Å². The Balaban J connectivity index is 1.44. The van der Waals surface area contributed by atoms with Crippen LogP contribution in [0.2, 0.25) is 0 Å². The molecule has 0 spiro atoms. The van der Waals surface area contributed by atoms with Crippen molar-refractivity contribution in [2.24, 2.45) is 0 Å². The van der Waals surface area contributed by atoms with Crippen molar-refractivity contribution in [1.82, 2.24) is 19.4 Å². The molecule has 0 bridgehead atoms. The van der Waals surface area contributed by atoms with Crippen LogP contribution in [0, 0.1) is 0 Å². The number of nitrogens with zero attached hydrogens (tertiary/aromatic N) is 4. The van der Waals surface area contributed by atoms with Gasteiger partial charge in [0.15, 0.2) is 0 Å². The molecule has 160 valence electrons. The Morgan fingerprint density at radius 1 is 1.10 bits per heavy atom. The molecule has 3 aliphatic rings. The van der Waals surface area contributed by atoms with E-state index in [0.717, 1.165) is 55.6 Å². The van der Waals surface area contributed by atoms with E-state index < -0.39 is 0 Å². The molecule has 6 heteroatoms. The van der Waals surface area contributed by atoms with Gasteiger partial charge in [-0.2, -0.15) is 0 Å². The minimum atomic E-state index is 0.0667. The van der Waals surface area contributed by atoms with Gasteiger partial charge in [-0.3, -0.25) is 9.59 Å². The van der Waals surface area contributed by atoms with E-state index in [1.54, 1.807) is 0 Å². The standard InChI is InChI=1S/C24H32N4O2/c1-17-8-6-7-13-26(17)23(30)16-28-21-12-5-4-11-20(21)25-24(28)18-14-22(29)27(15-18)19-9-2-3-10-19/h4-5,11-12,17-19H,2-3,6-10,13-16H2,1H3. The van der Waals surface area contributed by atoms with Gasteiger partial charge in [0.1, 0.15) is 12.4 Å². The number of piperidine rings is 1. The monoisotopic (exact) mass is 408 g/mol. The molecule has 5 rings (SSSR count). The van der Waals surface area contributed by atoms with Crippen LogP contribution in [0.1, 0.15) is 70.0 Å². The van der Waals surface area contributed by atoms with Gasteiger partial charge >= 0.3 is 0 Å². The number of imidazole rings is 1. The maximum atomic E-state index is 13.2. The molecule has 2 amide bonds. The number of carbonyl (C=O) groups is 2. The quantitative estimate of drug-likeness (QED) is 0.775. The zero-order valence-electron chi connectivity index (χ0n) is 17.9. The molecular formula is C24H32N4O2. The van der Waals surface area contributed by atoms with Crippen LogP contribution in [-0.2, 0) is 16.1 Å². The Hall–Kier alpha value is -2.37. The van der Waals surface area contributed by atoms with E-state index in [2.05, 4.69) is 16.4 Å². The first-order chi connectivity index (χ1) is 14.6. The molecule has 30 heavy (non-hydrogen) atoms. The first-order valence-electron chi connectivity index (χ1n) is 11.7. The fourth-order valence-corrected chi connectivity index (χ4v) is 5.74. The lowest BCUT2D eigenvalue weighted by Crippen LogP contribution is -2.43. The SMILES string of the molecule is CC1CCCCN1C(=O)Cn1c(C2CC(=O)N(C3CCCC3)C2)nc2ccccc21. The predicted molar refractivity (Wildman–Crippen MR) is 116 cm³/mol. The van der Waals surface area contributed by atoms with Crippen molar-refractivity contribution in [2.45, 2.75) is 82.8 Å². The van der Waals surface area contributed by atoms with Crippen LogP contribution in [0.15, 0.2) is 24.3 Å². The largest absolute Gasteiger partial charge is 0.339 e. The summed E-state index contributed by atoms with van der Waals surface area (Å²) in [6, 6.07) is 8.75. The number of hydrogen-bond donors (Lipinski definition) is 0. The van der Waals surface area contributed by atoms with Gasteiger partial charge in [-0.25, -0.2) is 4.98 Å². The molecule has 3 fully saturated rings. The van der Waals surface area contributed by atoms with Gasteiger partial charge in [-0.05, 0) is 51.2 Å². The first kappa shape index (κ1) is 19.6. The van der Waals surface area contributed by atoms with Crippen LogP contribution < -0.4 is 0 Å². The topological polar surface area (TPSA) is 58.4 Å². The van der Waals surface area contributed by atoms with Gasteiger partial charge < -0.3 is 14.4 Å². The number of likely N-dealkylation sites (tertiary alicyclic amines) is 2.